The number of anilines is 2. The molecular weight excluding hydrogens is 260 g/mol. The highest BCUT2D eigenvalue weighted by molar-refractivity contribution is 9.10. The Morgan fingerprint density at radius 2 is 2.20 bits per heavy atom. The van der Waals surface area contributed by atoms with Crippen LogP contribution in [0.4, 0.5) is 11.8 Å². The standard InChI is InChI=1S/C9H15BrN4O/c1-5(3-6(2)15)12-9-13-7(10)4-8(11)14-9/h4-6,15H,3H2,1-2H3,(H3,11,12,13,14). The molecule has 0 aromatic carbocycles. The van der Waals surface area contributed by atoms with Crippen LogP contribution in [0.2, 0.25) is 0 Å². The lowest BCUT2D eigenvalue weighted by Crippen LogP contribution is -2.22. The molecule has 0 aliphatic heterocycles. The number of nitrogens with two attached hydrogens (primary N) is 1. The van der Waals surface area contributed by atoms with Crippen molar-refractivity contribution >= 4 is 27.7 Å². The zero-order chi connectivity index (χ0) is 11.4. The minimum Gasteiger partial charge on any atom is -0.393 e. The van der Waals surface area contributed by atoms with E-state index in [2.05, 4.69) is 31.2 Å². The van der Waals surface area contributed by atoms with Gasteiger partial charge in [-0.3, -0.25) is 0 Å². The molecule has 0 bridgehead atoms. The van der Waals surface area contributed by atoms with Gasteiger partial charge in [0.15, 0.2) is 0 Å². The fourth-order valence-corrected chi connectivity index (χ4v) is 1.69. The average Bonchev–Trinajstić information content (AvgIpc) is 1.98. The Labute approximate surface area is 97.2 Å². The average molecular weight is 275 g/mol. The van der Waals surface area contributed by atoms with Crippen molar-refractivity contribution < 1.29 is 5.11 Å². The first kappa shape index (κ1) is 12.2. The summed E-state index contributed by atoms with van der Waals surface area (Å²) in [5, 5.41) is 12.3. The maximum atomic E-state index is 9.20. The lowest BCUT2D eigenvalue weighted by molar-refractivity contribution is 0.179. The SMILES string of the molecule is CC(O)CC(C)Nc1nc(N)cc(Br)n1. The van der Waals surface area contributed by atoms with Gasteiger partial charge in [-0.1, -0.05) is 0 Å². The second-order valence-electron chi connectivity index (χ2n) is 3.57. The molecule has 2 atom stereocenters. The van der Waals surface area contributed by atoms with E-state index in [1.807, 2.05) is 6.92 Å². The highest BCUT2D eigenvalue weighted by atomic mass is 79.9. The summed E-state index contributed by atoms with van der Waals surface area (Å²) in [7, 11) is 0. The minimum atomic E-state index is -0.350. The summed E-state index contributed by atoms with van der Waals surface area (Å²) in [5.41, 5.74) is 5.57. The van der Waals surface area contributed by atoms with Crippen LogP contribution in [-0.2, 0) is 0 Å². The minimum absolute atomic E-state index is 0.0960. The lowest BCUT2D eigenvalue weighted by atomic mass is 10.2. The molecule has 1 aromatic heterocycles. The van der Waals surface area contributed by atoms with Crippen molar-refractivity contribution in [2.45, 2.75) is 32.4 Å². The third-order valence-corrected chi connectivity index (χ3v) is 2.19. The van der Waals surface area contributed by atoms with Crippen LogP contribution < -0.4 is 11.1 Å². The number of aliphatic hydroxyl groups excluding tert-OH is 1. The van der Waals surface area contributed by atoms with Crippen molar-refractivity contribution in [3.8, 4) is 0 Å². The highest BCUT2D eigenvalue weighted by Crippen LogP contribution is 2.13. The zero-order valence-electron chi connectivity index (χ0n) is 8.74. The van der Waals surface area contributed by atoms with Crippen molar-refractivity contribution in [1.29, 1.82) is 0 Å². The van der Waals surface area contributed by atoms with Gasteiger partial charge >= 0.3 is 0 Å². The second kappa shape index (κ2) is 5.27. The highest BCUT2D eigenvalue weighted by Gasteiger charge is 2.08. The van der Waals surface area contributed by atoms with Gasteiger partial charge in [-0.05, 0) is 36.2 Å². The monoisotopic (exact) mass is 274 g/mol. The summed E-state index contributed by atoms with van der Waals surface area (Å²) in [6.45, 7) is 3.70. The van der Waals surface area contributed by atoms with Crippen molar-refractivity contribution in [2.75, 3.05) is 11.1 Å². The summed E-state index contributed by atoms with van der Waals surface area (Å²) >= 11 is 3.23. The Bertz CT molecular complexity index is 312. The first-order valence-corrected chi connectivity index (χ1v) is 5.51. The largest absolute Gasteiger partial charge is 0.393 e. The van der Waals surface area contributed by atoms with Crippen molar-refractivity contribution in [2.24, 2.45) is 0 Å². The van der Waals surface area contributed by atoms with Gasteiger partial charge in [-0.25, -0.2) is 4.98 Å². The molecule has 0 radical (unpaired) electrons. The number of aromatic nitrogens is 2. The molecule has 5 nitrogen and oxygen atoms in total. The van der Waals surface area contributed by atoms with Gasteiger partial charge in [-0.15, -0.1) is 0 Å². The number of hydrogen-bond donors (Lipinski definition) is 3. The van der Waals surface area contributed by atoms with E-state index in [0.29, 0.717) is 22.8 Å². The Kier molecular flexibility index (Phi) is 4.28. The van der Waals surface area contributed by atoms with Crippen molar-refractivity contribution in [3.05, 3.63) is 10.7 Å². The molecule has 84 valence electrons. The molecule has 4 N–H and O–H groups in total. The first-order valence-electron chi connectivity index (χ1n) is 4.72. The quantitative estimate of drug-likeness (QED) is 0.723. The van der Waals surface area contributed by atoms with E-state index in [-0.39, 0.29) is 12.1 Å². The van der Waals surface area contributed by atoms with Gasteiger partial charge in [0.25, 0.3) is 0 Å². The Morgan fingerprint density at radius 1 is 1.53 bits per heavy atom. The molecule has 1 aromatic rings. The number of nitrogen functional groups attached to an aromatic ring is 1. The van der Waals surface area contributed by atoms with Crippen LogP contribution in [0.15, 0.2) is 10.7 Å². The molecule has 1 rings (SSSR count). The van der Waals surface area contributed by atoms with Gasteiger partial charge in [0.05, 0.1) is 6.10 Å². The summed E-state index contributed by atoms with van der Waals surface area (Å²) in [4.78, 5) is 8.14. The van der Waals surface area contributed by atoms with E-state index in [1.165, 1.54) is 0 Å². The van der Waals surface area contributed by atoms with Gasteiger partial charge < -0.3 is 16.2 Å². The van der Waals surface area contributed by atoms with Crippen LogP contribution in [0.3, 0.4) is 0 Å². The number of nitrogens with one attached hydrogen (secondary N) is 1. The maximum absolute atomic E-state index is 9.20. The van der Waals surface area contributed by atoms with Crippen LogP contribution in [0, 0.1) is 0 Å². The molecular formula is C9H15BrN4O. The zero-order valence-corrected chi connectivity index (χ0v) is 10.3. The molecule has 6 heteroatoms. The Morgan fingerprint density at radius 3 is 2.73 bits per heavy atom. The molecule has 0 fully saturated rings. The topological polar surface area (TPSA) is 84.1 Å². The summed E-state index contributed by atoms with van der Waals surface area (Å²) < 4.78 is 0.641. The second-order valence-corrected chi connectivity index (χ2v) is 4.38. The number of halogens is 1. The molecule has 1 heterocycles. The van der Waals surface area contributed by atoms with E-state index in [1.54, 1.807) is 13.0 Å². The fraction of sp³-hybridized carbons (Fsp3) is 0.556. The fourth-order valence-electron chi connectivity index (χ4n) is 1.29. The van der Waals surface area contributed by atoms with E-state index < -0.39 is 0 Å². The Hall–Kier alpha value is -0.880. The first-order chi connectivity index (χ1) is 6.97. The van der Waals surface area contributed by atoms with Gasteiger partial charge in [0, 0.05) is 12.1 Å². The van der Waals surface area contributed by atoms with E-state index in [4.69, 9.17) is 5.73 Å². The predicted octanol–water partition coefficient (Wildman–Crippen LogP) is 1.39. The number of hydrogen-bond acceptors (Lipinski definition) is 5. The van der Waals surface area contributed by atoms with Gasteiger partial charge in [0.2, 0.25) is 5.95 Å². The van der Waals surface area contributed by atoms with Crippen LogP contribution in [0.5, 0.6) is 0 Å². The number of aliphatic hydroxyl groups is 1. The third kappa shape index (κ3) is 4.44. The van der Waals surface area contributed by atoms with E-state index in [0.717, 1.165) is 0 Å². The van der Waals surface area contributed by atoms with Crippen molar-refractivity contribution in [3.63, 3.8) is 0 Å². The predicted molar refractivity (Wildman–Crippen MR) is 63.5 cm³/mol. The maximum Gasteiger partial charge on any atom is 0.225 e. The summed E-state index contributed by atoms with van der Waals surface area (Å²) in [6.07, 6.45) is 0.285. The number of nitrogens with zero attached hydrogens (tertiary/aromatic N) is 2. The van der Waals surface area contributed by atoms with E-state index in [9.17, 15) is 5.11 Å². The van der Waals surface area contributed by atoms with Crippen molar-refractivity contribution in [1.82, 2.24) is 9.97 Å². The van der Waals surface area contributed by atoms with Crippen LogP contribution in [0.25, 0.3) is 0 Å². The summed E-state index contributed by atoms with van der Waals surface area (Å²) in [6, 6.07) is 1.73. The van der Waals surface area contributed by atoms with Crippen LogP contribution in [0.1, 0.15) is 20.3 Å². The molecule has 15 heavy (non-hydrogen) atoms. The lowest BCUT2D eigenvalue weighted by Gasteiger charge is -2.15. The van der Waals surface area contributed by atoms with Gasteiger partial charge in [0.1, 0.15) is 10.4 Å². The normalized spacial score (nSPS) is 14.7. The van der Waals surface area contributed by atoms with Gasteiger partial charge in [-0.2, -0.15) is 4.98 Å². The molecule has 0 spiro atoms. The van der Waals surface area contributed by atoms with Crippen LogP contribution in [-0.4, -0.2) is 27.2 Å². The molecule has 2 unspecified atom stereocenters. The molecule has 0 saturated heterocycles. The smallest absolute Gasteiger partial charge is 0.225 e. The van der Waals surface area contributed by atoms with E-state index >= 15 is 0 Å². The molecule has 0 saturated carbocycles. The Balaban J connectivity index is 2.63. The molecule has 0 aliphatic carbocycles. The molecule has 0 amide bonds. The molecule has 0 aliphatic rings. The number of rotatable bonds is 4. The summed E-state index contributed by atoms with van der Waals surface area (Å²) in [5.74, 6) is 0.874. The van der Waals surface area contributed by atoms with Crippen LogP contribution >= 0.6 is 15.9 Å². The third-order valence-electron chi connectivity index (χ3n) is 1.78.